The van der Waals surface area contributed by atoms with E-state index < -0.39 is 14.5 Å². The Balaban J connectivity index is 2.81. The largest absolute Gasteiger partial charge is 0.493 e. The van der Waals surface area contributed by atoms with Crippen molar-refractivity contribution in [1.29, 1.82) is 0 Å². The van der Waals surface area contributed by atoms with Crippen LogP contribution in [0.2, 0.25) is 11.6 Å². The summed E-state index contributed by atoms with van der Waals surface area (Å²) < 4.78 is 5.96. The number of rotatable bonds is 3. The topological polar surface area (TPSA) is 9.23 Å². The van der Waals surface area contributed by atoms with Gasteiger partial charge in [-0.2, -0.15) is 0 Å². The van der Waals surface area contributed by atoms with E-state index in [0.717, 1.165) is 0 Å². The summed E-state index contributed by atoms with van der Waals surface area (Å²) in [4.78, 5) is 0. The average molecular weight is 192 g/mol. The van der Waals surface area contributed by atoms with Gasteiger partial charge in [-0.1, -0.05) is 41.9 Å². The van der Waals surface area contributed by atoms with Crippen molar-refractivity contribution in [2.45, 2.75) is 31.0 Å². The molecule has 0 aliphatic rings. The van der Waals surface area contributed by atoms with Gasteiger partial charge in [0.15, 0.2) is 0 Å². The van der Waals surface area contributed by atoms with E-state index in [2.05, 4.69) is 49.7 Å². The van der Waals surface area contributed by atoms with Crippen LogP contribution in [0.5, 0.6) is 0 Å². The number of benzene rings is 1. The fraction of sp³-hybridized carbons (Fsp3) is 0.455. The summed E-state index contributed by atoms with van der Waals surface area (Å²) in [5.74, 6) is 4.40. The van der Waals surface area contributed by atoms with Gasteiger partial charge in [-0.05, 0) is 19.4 Å². The summed E-state index contributed by atoms with van der Waals surface area (Å²) in [6.07, 6.45) is 0. The van der Waals surface area contributed by atoms with Gasteiger partial charge < -0.3 is 3.79 Å². The third-order valence-electron chi connectivity index (χ3n) is 2.00. The van der Waals surface area contributed by atoms with Gasteiger partial charge in [0.1, 0.15) is 0 Å². The Hall–Kier alpha value is -0.288. The van der Waals surface area contributed by atoms with Crippen molar-refractivity contribution in [3.63, 3.8) is 0 Å². The summed E-state index contributed by atoms with van der Waals surface area (Å²) in [7, 11) is 0. The van der Waals surface area contributed by atoms with Crippen molar-refractivity contribution in [2.75, 3.05) is 0 Å². The summed E-state index contributed by atoms with van der Waals surface area (Å²) >= 11 is -0.965. The Bertz CT molecular complexity index is 254. The predicted molar refractivity (Wildman–Crippen MR) is 58.0 cm³/mol. The molecule has 0 heterocycles. The summed E-state index contributed by atoms with van der Waals surface area (Å²) in [6, 6.07) is 10.4. The molecule has 0 amide bonds. The fourth-order valence-electron chi connectivity index (χ4n) is 1.50. The van der Waals surface area contributed by atoms with Gasteiger partial charge in [-0.3, -0.25) is 0 Å². The first-order chi connectivity index (χ1) is 6.02. The van der Waals surface area contributed by atoms with E-state index in [1.165, 1.54) is 5.56 Å². The van der Waals surface area contributed by atoms with E-state index in [-0.39, 0.29) is 5.60 Å². The molecule has 1 rings (SSSR count). The van der Waals surface area contributed by atoms with Crippen LogP contribution in [0.3, 0.4) is 0 Å². The molecule has 1 aromatic carbocycles. The van der Waals surface area contributed by atoms with Crippen LogP contribution < -0.4 is 0 Å². The quantitative estimate of drug-likeness (QED) is 0.668. The van der Waals surface area contributed by atoms with E-state index in [1.54, 1.807) is 0 Å². The highest BCUT2D eigenvalue weighted by Crippen LogP contribution is 2.24. The second-order valence-corrected chi connectivity index (χ2v) is 6.38. The third kappa shape index (κ3) is 3.16. The Kier molecular flexibility index (Phi) is 3.56. The van der Waals surface area contributed by atoms with Gasteiger partial charge in [-0.15, -0.1) is 0 Å². The summed E-state index contributed by atoms with van der Waals surface area (Å²) in [6.45, 7) is 4.27. The van der Waals surface area contributed by atoms with Crippen LogP contribution in [-0.2, 0) is 9.39 Å². The SMILES string of the molecule is [CH3][Al]([CH3])[O]C(C)(C)c1ccccc1. The Morgan fingerprint density at radius 1 is 1.08 bits per heavy atom. The van der Waals surface area contributed by atoms with Crippen molar-refractivity contribution in [2.24, 2.45) is 0 Å². The minimum absolute atomic E-state index is 0.123. The van der Waals surface area contributed by atoms with Crippen molar-refractivity contribution in [1.82, 2.24) is 0 Å². The Labute approximate surface area is 85.5 Å². The normalized spacial score (nSPS) is 11.4. The van der Waals surface area contributed by atoms with Crippen LogP contribution in [0, 0.1) is 0 Å². The monoisotopic (exact) mass is 192 g/mol. The van der Waals surface area contributed by atoms with Crippen molar-refractivity contribution in [3.8, 4) is 0 Å². The molecule has 70 valence electrons. The summed E-state index contributed by atoms with van der Waals surface area (Å²) in [5.41, 5.74) is 1.14. The minimum atomic E-state index is -0.965. The highest BCUT2D eigenvalue weighted by atomic mass is 27.2. The van der Waals surface area contributed by atoms with Crippen LogP contribution in [0.15, 0.2) is 30.3 Å². The van der Waals surface area contributed by atoms with Gasteiger partial charge in [0.05, 0.1) is 5.60 Å². The molecule has 1 aromatic rings. The molecule has 0 aliphatic carbocycles. The predicted octanol–water partition coefficient (Wildman–Crippen LogP) is 3.19. The lowest BCUT2D eigenvalue weighted by Crippen LogP contribution is -2.27. The van der Waals surface area contributed by atoms with Crippen LogP contribution in [0.1, 0.15) is 19.4 Å². The van der Waals surface area contributed by atoms with E-state index in [4.69, 9.17) is 3.79 Å². The second kappa shape index (κ2) is 4.28. The van der Waals surface area contributed by atoms with Crippen molar-refractivity contribution in [3.05, 3.63) is 35.9 Å². The lowest BCUT2D eigenvalue weighted by atomic mass is 9.99. The molecule has 0 spiro atoms. The molecule has 0 saturated carbocycles. The van der Waals surface area contributed by atoms with Gasteiger partial charge in [0, 0.05) is 0 Å². The van der Waals surface area contributed by atoms with Crippen LogP contribution >= 0.6 is 0 Å². The van der Waals surface area contributed by atoms with E-state index in [1.807, 2.05) is 6.07 Å². The van der Waals surface area contributed by atoms with Crippen LogP contribution in [-0.4, -0.2) is 14.5 Å². The molecule has 0 fully saturated rings. The third-order valence-corrected chi connectivity index (χ3v) is 3.06. The molecule has 0 bridgehead atoms. The Morgan fingerprint density at radius 2 is 1.62 bits per heavy atom. The van der Waals surface area contributed by atoms with E-state index in [9.17, 15) is 0 Å². The van der Waals surface area contributed by atoms with Gasteiger partial charge in [0.25, 0.3) is 0 Å². The molecular weight excluding hydrogens is 175 g/mol. The van der Waals surface area contributed by atoms with Crippen molar-refractivity contribution >= 4 is 14.5 Å². The second-order valence-electron chi connectivity index (χ2n) is 4.04. The first-order valence-electron chi connectivity index (χ1n) is 4.76. The van der Waals surface area contributed by atoms with Gasteiger partial charge in [-0.25, -0.2) is 0 Å². The number of hydrogen-bond donors (Lipinski definition) is 0. The van der Waals surface area contributed by atoms with E-state index in [0.29, 0.717) is 0 Å². The molecule has 0 aliphatic heterocycles. The maximum absolute atomic E-state index is 5.96. The van der Waals surface area contributed by atoms with Gasteiger partial charge >= 0.3 is 14.5 Å². The first kappa shape index (κ1) is 10.8. The molecule has 0 saturated heterocycles. The van der Waals surface area contributed by atoms with Crippen LogP contribution in [0.25, 0.3) is 0 Å². The van der Waals surface area contributed by atoms with Crippen molar-refractivity contribution < 1.29 is 3.79 Å². The highest BCUT2D eigenvalue weighted by Gasteiger charge is 2.23. The molecule has 0 aromatic heterocycles. The molecule has 2 heteroatoms. The first-order valence-corrected chi connectivity index (χ1v) is 7.54. The lowest BCUT2D eigenvalue weighted by molar-refractivity contribution is 0.109. The summed E-state index contributed by atoms with van der Waals surface area (Å²) in [5, 5.41) is 0. The number of hydrogen-bond acceptors (Lipinski definition) is 1. The molecule has 0 radical (unpaired) electrons. The molecule has 13 heavy (non-hydrogen) atoms. The van der Waals surface area contributed by atoms with Gasteiger partial charge in [0.2, 0.25) is 0 Å². The highest BCUT2D eigenvalue weighted by molar-refractivity contribution is 6.48. The zero-order chi connectivity index (χ0) is 9.90. The standard InChI is InChI=1S/C9H11O.2CH3.Al/c1-9(2,10)8-6-4-3-5-7-8;;;/h3-7H,1-2H3;2*1H3;/q-1;;;+1. The minimum Gasteiger partial charge on any atom is -0.493 e. The maximum atomic E-state index is 5.96. The molecule has 0 atom stereocenters. The molecule has 1 nitrogen and oxygen atoms in total. The zero-order valence-corrected chi connectivity index (χ0v) is 10.0. The molecule has 0 unspecified atom stereocenters. The molecule has 0 N–H and O–H groups in total. The smallest absolute Gasteiger partial charge is 0.454 e. The average Bonchev–Trinajstić information content (AvgIpc) is 2.04. The fourth-order valence-corrected chi connectivity index (χ4v) is 2.81. The molecular formula is C11H17AlO. The lowest BCUT2D eigenvalue weighted by Gasteiger charge is -2.28. The maximum Gasteiger partial charge on any atom is 0.454 e. The zero-order valence-electron chi connectivity index (χ0n) is 8.87. The Morgan fingerprint density at radius 3 is 2.08 bits per heavy atom. The van der Waals surface area contributed by atoms with E-state index >= 15 is 0 Å². The van der Waals surface area contributed by atoms with Crippen LogP contribution in [0.4, 0.5) is 0 Å².